The quantitative estimate of drug-likeness (QED) is 0.182. The van der Waals surface area contributed by atoms with Gasteiger partial charge in [0, 0.05) is 39.8 Å². The highest BCUT2D eigenvalue weighted by atomic mass is 35.5. The molecule has 0 bridgehead atoms. The van der Waals surface area contributed by atoms with Crippen molar-refractivity contribution in [2.24, 2.45) is 0 Å². The van der Waals surface area contributed by atoms with Gasteiger partial charge < -0.3 is 15.0 Å². The fraction of sp³-hybridized carbons (Fsp3) is 0.333. The molecule has 3 aromatic carbocycles. The van der Waals surface area contributed by atoms with Crippen LogP contribution in [-0.4, -0.2) is 48.5 Å². The average molecular weight is 666 g/mol. The molecule has 1 N–H and O–H groups in total. The van der Waals surface area contributed by atoms with Gasteiger partial charge in [-0.3, -0.25) is 9.59 Å². The van der Waals surface area contributed by atoms with Crippen LogP contribution in [0, 0.1) is 0 Å². The van der Waals surface area contributed by atoms with Gasteiger partial charge in [0.1, 0.15) is 10.6 Å². The number of rotatable bonds is 9. The highest BCUT2D eigenvalue weighted by molar-refractivity contribution is 7.21. The van der Waals surface area contributed by atoms with E-state index in [-0.39, 0.29) is 30.9 Å². The first-order valence-electron chi connectivity index (χ1n) is 14.2. The summed E-state index contributed by atoms with van der Waals surface area (Å²) in [6, 6.07) is 19.0. The number of halogens is 5. The number of nitrogens with one attached hydrogen (secondary N) is 1. The molecule has 4 aromatic rings. The van der Waals surface area contributed by atoms with Crippen LogP contribution < -0.4 is 10.1 Å². The van der Waals surface area contributed by atoms with E-state index in [9.17, 15) is 22.8 Å². The number of ether oxygens (including phenoxy) is 1. The monoisotopic (exact) mass is 664 g/mol. The Morgan fingerprint density at radius 3 is 2.27 bits per heavy atom. The normalized spacial score (nSPS) is 16.8. The molecule has 44 heavy (non-hydrogen) atoms. The number of alkyl halides is 3. The van der Waals surface area contributed by atoms with Crippen molar-refractivity contribution < 1.29 is 27.5 Å². The molecule has 0 aliphatic heterocycles. The third kappa shape index (κ3) is 7.23. The number of benzene rings is 3. The Morgan fingerprint density at radius 2 is 1.66 bits per heavy atom. The molecule has 1 amide bonds. The molecular weight excluding hydrogens is 632 g/mol. The maximum absolute atomic E-state index is 14.3. The molecule has 1 heterocycles. The number of fused-ring (bicyclic) bond motifs is 1. The van der Waals surface area contributed by atoms with Crippen LogP contribution >= 0.6 is 35.3 Å². The number of nitrogens with zero attached hydrogens (tertiary/aromatic N) is 1. The summed E-state index contributed by atoms with van der Waals surface area (Å²) < 4.78 is 45.6. The zero-order chi connectivity index (χ0) is 30.7. The molecule has 0 saturated heterocycles. The van der Waals surface area contributed by atoms with Gasteiger partial charge in [0.05, 0.1) is 11.6 Å². The standard InChI is InChI=1S/C33H32ClF3N2O3S.ClH/c1-3-42-27-17-12-22(20-8-10-21(11-9-20)31(40)33(35,36)37)18-23(27)19-39(25-15-13-24(38-2)14-16-25)32(41)30-29(34)26-6-4-5-7-28(26)43-30;/h4-12,17-18,24-25,38H,3,13-16,19H2,1-2H3;1H. The van der Waals surface area contributed by atoms with E-state index in [2.05, 4.69) is 5.32 Å². The van der Waals surface area contributed by atoms with Crippen molar-refractivity contribution in [3.63, 3.8) is 0 Å². The van der Waals surface area contributed by atoms with E-state index in [1.807, 2.05) is 61.3 Å². The lowest BCUT2D eigenvalue weighted by Gasteiger charge is -2.37. The molecule has 0 unspecified atom stereocenters. The zero-order valence-corrected chi connectivity index (χ0v) is 26.6. The molecule has 1 fully saturated rings. The van der Waals surface area contributed by atoms with E-state index in [0.29, 0.717) is 33.9 Å². The topological polar surface area (TPSA) is 58.6 Å². The van der Waals surface area contributed by atoms with Crippen molar-refractivity contribution >= 4 is 57.1 Å². The van der Waals surface area contributed by atoms with Crippen LogP contribution in [0.1, 0.15) is 58.2 Å². The molecule has 5 nitrogen and oxygen atoms in total. The van der Waals surface area contributed by atoms with Gasteiger partial charge >= 0.3 is 6.18 Å². The molecular formula is C33H33Cl2F3N2O3S. The molecule has 5 rings (SSSR count). The van der Waals surface area contributed by atoms with Crippen molar-refractivity contribution in [1.29, 1.82) is 0 Å². The van der Waals surface area contributed by atoms with E-state index in [4.69, 9.17) is 16.3 Å². The Morgan fingerprint density at radius 1 is 1.00 bits per heavy atom. The Balaban J connectivity index is 0.00000442. The van der Waals surface area contributed by atoms with Crippen molar-refractivity contribution in [3.05, 3.63) is 87.8 Å². The molecule has 11 heteroatoms. The second kappa shape index (κ2) is 14.3. The molecule has 0 radical (unpaired) electrons. The van der Waals surface area contributed by atoms with Gasteiger partial charge in [-0.2, -0.15) is 13.2 Å². The van der Waals surface area contributed by atoms with Gasteiger partial charge in [0.2, 0.25) is 0 Å². The molecule has 1 saturated carbocycles. The zero-order valence-electron chi connectivity index (χ0n) is 24.2. The predicted molar refractivity (Wildman–Crippen MR) is 172 cm³/mol. The molecule has 1 aromatic heterocycles. The largest absolute Gasteiger partial charge is 0.494 e. The number of hydrogen-bond donors (Lipinski definition) is 1. The number of thiophene rings is 1. The van der Waals surface area contributed by atoms with Crippen molar-refractivity contribution in [2.75, 3.05) is 13.7 Å². The maximum Gasteiger partial charge on any atom is 0.454 e. The first kappa shape index (κ1) is 33.8. The Kier molecular flexibility index (Phi) is 11.0. The molecule has 1 aliphatic rings. The van der Waals surface area contributed by atoms with Crippen molar-refractivity contribution in [3.8, 4) is 16.9 Å². The number of hydrogen-bond acceptors (Lipinski definition) is 5. The summed E-state index contributed by atoms with van der Waals surface area (Å²) in [7, 11) is 1.95. The van der Waals surface area contributed by atoms with Crippen molar-refractivity contribution in [2.45, 2.75) is 57.4 Å². The highest BCUT2D eigenvalue weighted by Crippen LogP contribution is 2.38. The van der Waals surface area contributed by atoms with Crippen LogP contribution in [0.3, 0.4) is 0 Å². The maximum atomic E-state index is 14.3. The Hall–Kier alpha value is -3.11. The number of carbonyl (C=O) groups is 2. The number of Topliss-reactive ketones (excluding diaryl/α,β-unsaturated/α-hetero) is 1. The molecule has 0 spiro atoms. The third-order valence-corrected chi connectivity index (χ3v) is 9.64. The predicted octanol–water partition coefficient (Wildman–Crippen LogP) is 8.96. The molecule has 234 valence electrons. The van der Waals surface area contributed by atoms with E-state index in [0.717, 1.165) is 46.9 Å². The number of carbonyl (C=O) groups excluding carboxylic acids is 2. The second-order valence-corrected chi connectivity index (χ2v) is 12.1. The first-order valence-corrected chi connectivity index (χ1v) is 15.4. The van der Waals surface area contributed by atoms with Gasteiger partial charge in [-0.05, 0) is 69.0 Å². The van der Waals surface area contributed by atoms with E-state index in [1.165, 1.54) is 35.6 Å². The van der Waals surface area contributed by atoms with E-state index in [1.54, 1.807) is 0 Å². The lowest BCUT2D eigenvalue weighted by molar-refractivity contribution is -0.0885. The van der Waals surface area contributed by atoms with E-state index >= 15 is 0 Å². The first-order chi connectivity index (χ1) is 20.6. The smallest absolute Gasteiger partial charge is 0.454 e. The van der Waals surface area contributed by atoms with E-state index < -0.39 is 17.5 Å². The van der Waals surface area contributed by atoms with Crippen molar-refractivity contribution in [1.82, 2.24) is 10.2 Å². The summed E-state index contributed by atoms with van der Waals surface area (Å²) in [5.74, 6) is -1.39. The van der Waals surface area contributed by atoms with Crippen LogP contribution in [-0.2, 0) is 6.54 Å². The van der Waals surface area contributed by atoms with Crippen LogP contribution in [0.4, 0.5) is 13.2 Å². The van der Waals surface area contributed by atoms with Gasteiger partial charge in [-0.25, -0.2) is 0 Å². The van der Waals surface area contributed by atoms with Gasteiger partial charge in [0.25, 0.3) is 11.7 Å². The van der Waals surface area contributed by atoms with Crippen LogP contribution in [0.25, 0.3) is 21.2 Å². The highest BCUT2D eigenvalue weighted by Gasteiger charge is 2.39. The summed E-state index contributed by atoms with van der Waals surface area (Å²) >= 11 is 8.15. The molecule has 1 aliphatic carbocycles. The Labute approximate surface area is 269 Å². The van der Waals surface area contributed by atoms with Gasteiger partial charge in [-0.15, -0.1) is 23.7 Å². The summed E-state index contributed by atoms with van der Waals surface area (Å²) in [5.41, 5.74) is 1.73. The lowest BCUT2D eigenvalue weighted by atomic mass is 9.89. The second-order valence-electron chi connectivity index (χ2n) is 10.6. The SMILES string of the molecule is CCOc1ccc(-c2ccc(C(=O)C(F)(F)F)cc2)cc1CN(C(=O)c1sc2ccccc2c1Cl)C1CCC(NC)CC1.Cl. The lowest BCUT2D eigenvalue weighted by Crippen LogP contribution is -2.44. The third-order valence-electron chi connectivity index (χ3n) is 7.97. The van der Waals surface area contributed by atoms with Crippen LogP contribution in [0.15, 0.2) is 66.7 Å². The van der Waals surface area contributed by atoms with Gasteiger partial charge in [0.15, 0.2) is 0 Å². The number of amides is 1. The van der Waals surface area contributed by atoms with Crippen LogP contribution in [0.2, 0.25) is 5.02 Å². The minimum Gasteiger partial charge on any atom is -0.494 e. The Bertz CT molecular complexity index is 1620. The summed E-state index contributed by atoms with van der Waals surface area (Å²) in [4.78, 5) is 28.3. The fourth-order valence-electron chi connectivity index (χ4n) is 5.67. The minimum absolute atomic E-state index is 0. The van der Waals surface area contributed by atoms with Gasteiger partial charge in [-0.1, -0.05) is 60.1 Å². The number of ketones is 1. The summed E-state index contributed by atoms with van der Waals surface area (Å²) in [6.45, 7) is 2.57. The summed E-state index contributed by atoms with van der Waals surface area (Å²) in [5, 5.41) is 4.64. The van der Waals surface area contributed by atoms with Crippen LogP contribution in [0.5, 0.6) is 5.75 Å². The average Bonchev–Trinajstić information content (AvgIpc) is 3.36. The minimum atomic E-state index is -4.94. The molecule has 0 atom stereocenters. The summed E-state index contributed by atoms with van der Waals surface area (Å²) in [6.07, 6.45) is -1.40. The fourth-order valence-corrected chi connectivity index (χ4v) is 7.13.